The summed E-state index contributed by atoms with van der Waals surface area (Å²) >= 11 is 0. The summed E-state index contributed by atoms with van der Waals surface area (Å²) in [5.41, 5.74) is -3.12. The fraction of sp³-hybridized carbons (Fsp3) is 0.571. The lowest BCUT2D eigenvalue weighted by Crippen LogP contribution is -2.43. The Labute approximate surface area is 124 Å². The van der Waals surface area contributed by atoms with Crippen LogP contribution < -0.4 is 0 Å². The van der Waals surface area contributed by atoms with Crippen LogP contribution in [0, 0.1) is 5.82 Å². The van der Waals surface area contributed by atoms with Gasteiger partial charge in [0.1, 0.15) is 5.82 Å². The lowest BCUT2D eigenvalue weighted by Gasteiger charge is -2.36. The first kappa shape index (κ1) is 15.7. The van der Waals surface area contributed by atoms with Crippen molar-refractivity contribution in [3.63, 3.8) is 0 Å². The number of rotatable bonds is 1. The van der Waals surface area contributed by atoms with Gasteiger partial charge in [0.2, 0.25) is 0 Å². The highest BCUT2D eigenvalue weighted by atomic mass is 32.2. The number of alkyl halides is 3. The van der Waals surface area contributed by atoms with Crippen LogP contribution in [0.5, 0.6) is 0 Å². The topological polar surface area (TPSA) is 54.4 Å². The summed E-state index contributed by atoms with van der Waals surface area (Å²) in [6, 6.07) is 1.97. The van der Waals surface area contributed by atoms with Gasteiger partial charge in [-0.05, 0) is 37.8 Å². The van der Waals surface area contributed by atoms with Crippen molar-refractivity contribution in [2.75, 3.05) is 0 Å². The van der Waals surface area contributed by atoms with Gasteiger partial charge in [-0.15, -0.1) is 0 Å². The molecule has 2 saturated heterocycles. The first-order valence-electron chi connectivity index (χ1n) is 6.86. The SMILES string of the molecule is O=S1(=O)C2CCC1CC(O)(c1ccc(C(F)(F)F)cc1F)C2. The molecule has 2 aliphatic heterocycles. The van der Waals surface area contributed by atoms with Crippen molar-refractivity contribution >= 4 is 9.84 Å². The molecule has 0 aliphatic carbocycles. The van der Waals surface area contributed by atoms with Crippen molar-refractivity contribution in [1.29, 1.82) is 0 Å². The third kappa shape index (κ3) is 2.32. The molecule has 0 spiro atoms. The van der Waals surface area contributed by atoms with E-state index >= 15 is 0 Å². The summed E-state index contributed by atoms with van der Waals surface area (Å²) in [5, 5.41) is 9.14. The molecule has 8 heteroatoms. The number of aliphatic hydroxyl groups is 1. The first-order chi connectivity index (χ1) is 10.0. The predicted octanol–water partition coefficient (Wildman–Crippen LogP) is 2.77. The largest absolute Gasteiger partial charge is 0.416 e. The molecule has 3 nitrogen and oxygen atoms in total. The maximum absolute atomic E-state index is 14.1. The van der Waals surface area contributed by atoms with Crippen molar-refractivity contribution in [2.45, 2.75) is 48.0 Å². The van der Waals surface area contributed by atoms with E-state index in [1.807, 2.05) is 0 Å². The van der Waals surface area contributed by atoms with Gasteiger partial charge < -0.3 is 5.11 Å². The van der Waals surface area contributed by atoms with Crippen molar-refractivity contribution in [3.8, 4) is 0 Å². The molecule has 2 fully saturated rings. The van der Waals surface area contributed by atoms with Crippen LogP contribution in [0.4, 0.5) is 17.6 Å². The lowest BCUT2D eigenvalue weighted by atomic mass is 9.85. The zero-order chi connectivity index (χ0) is 16.3. The third-order valence-corrected chi connectivity index (χ3v) is 7.33. The number of hydrogen-bond donors (Lipinski definition) is 1. The highest BCUT2D eigenvalue weighted by Gasteiger charge is 2.53. The Hall–Kier alpha value is -1.15. The second kappa shape index (κ2) is 4.67. The van der Waals surface area contributed by atoms with Gasteiger partial charge in [-0.2, -0.15) is 13.2 Å². The Morgan fingerprint density at radius 3 is 2.14 bits per heavy atom. The molecule has 22 heavy (non-hydrogen) atoms. The van der Waals surface area contributed by atoms with Gasteiger partial charge in [0.05, 0.1) is 21.7 Å². The van der Waals surface area contributed by atoms with Crippen LogP contribution in [-0.4, -0.2) is 24.0 Å². The van der Waals surface area contributed by atoms with E-state index in [1.165, 1.54) is 0 Å². The summed E-state index contributed by atoms with van der Waals surface area (Å²) in [4.78, 5) is 0. The number of halogens is 4. The van der Waals surface area contributed by atoms with Crippen molar-refractivity contribution in [1.82, 2.24) is 0 Å². The van der Waals surface area contributed by atoms with Crippen molar-refractivity contribution in [3.05, 3.63) is 35.1 Å². The molecule has 2 bridgehead atoms. The number of sulfone groups is 1. The zero-order valence-electron chi connectivity index (χ0n) is 11.4. The molecule has 2 unspecified atom stereocenters. The van der Waals surface area contributed by atoms with Crippen LogP contribution in [0.2, 0.25) is 0 Å². The smallest absolute Gasteiger partial charge is 0.385 e. The first-order valence-corrected chi connectivity index (χ1v) is 8.47. The van der Waals surface area contributed by atoms with Gasteiger partial charge in [0.25, 0.3) is 0 Å². The Kier molecular flexibility index (Phi) is 3.34. The monoisotopic (exact) mass is 338 g/mol. The summed E-state index contributed by atoms with van der Waals surface area (Å²) in [7, 11) is -3.31. The molecular weight excluding hydrogens is 324 g/mol. The van der Waals surface area contributed by atoms with Crippen molar-refractivity contribution in [2.24, 2.45) is 0 Å². The maximum Gasteiger partial charge on any atom is 0.416 e. The van der Waals surface area contributed by atoms with E-state index in [4.69, 9.17) is 0 Å². The Morgan fingerprint density at radius 2 is 1.68 bits per heavy atom. The highest BCUT2D eigenvalue weighted by molar-refractivity contribution is 7.93. The van der Waals surface area contributed by atoms with E-state index in [0.717, 1.165) is 6.07 Å². The molecule has 0 aromatic heterocycles. The minimum atomic E-state index is -4.67. The summed E-state index contributed by atoms with van der Waals surface area (Å²) < 4.78 is 75.8. The van der Waals surface area contributed by atoms with Gasteiger partial charge >= 0.3 is 6.18 Å². The van der Waals surface area contributed by atoms with Gasteiger partial charge in [0, 0.05) is 5.56 Å². The van der Waals surface area contributed by atoms with Gasteiger partial charge in [-0.25, -0.2) is 12.8 Å². The van der Waals surface area contributed by atoms with Crippen LogP contribution in [0.25, 0.3) is 0 Å². The normalized spacial score (nSPS) is 33.9. The molecule has 122 valence electrons. The quantitative estimate of drug-likeness (QED) is 0.801. The fourth-order valence-electron chi connectivity index (χ4n) is 3.53. The lowest BCUT2D eigenvalue weighted by molar-refractivity contribution is -0.137. The molecule has 2 atom stereocenters. The summed E-state index contributed by atoms with van der Waals surface area (Å²) in [5.74, 6) is -1.16. The Bertz CT molecular complexity index is 691. The van der Waals surface area contributed by atoms with Crippen LogP contribution in [0.15, 0.2) is 18.2 Å². The molecule has 2 heterocycles. The second-order valence-electron chi connectivity index (χ2n) is 6.04. The molecule has 1 N–H and O–H groups in total. The van der Waals surface area contributed by atoms with E-state index in [9.17, 15) is 31.1 Å². The Morgan fingerprint density at radius 1 is 1.14 bits per heavy atom. The van der Waals surface area contributed by atoms with Crippen molar-refractivity contribution < 1.29 is 31.1 Å². The van der Waals surface area contributed by atoms with E-state index < -0.39 is 43.5 Å². The van der Waals surface area contributed by atoms with Gasteiger partial charge in [-0.1, -0.05) is 6.07 Å². The minimum absolute atomic E-state index is 0.173. The number of benzene rings is 1. The predicted molar refractivity (Wildman–Crippen MR) is 70.3 cm³/mol. The molecule has 0 amide bonds. The molecule has 0 saturated carbocycles. The van der Waals surface area contributed by atoms with Crippen LogP contribution in [0.1, 0.15) is 36.8 Å². The van der Waals surface area contributed by atoms with E-state index in [0.29, 0.717) is 25.0 Å². The molecule has 0 radical (unpaired) electrons. The van der Waals surface area contributed by atoms with E-state index in [1.54, 1.807) is 0 Å². The number of hydrogen-bond acceptors (Lipinski definition) is 3. The van der Waals surface area contributed by atoms with E-state index in [2.05, 4.69) is 0 Å². The van der Waals surface area contributed by atoms with Crippen LogP contribution in [-0.2, 0) is 21.6 Å². The summed E-state index contributed by atoms with van der Waals surface area (Å²) in [6.45, 7) is 0. The van der Waals surface area contributed by atoms with E-state index in [-0.39, 0.29) is 18.4 Å². The standard InChI is InChI=1S/C14H14F4O3S/c15-12-5-8(14(16,17)18)1-4-11(12)13(19)6-9-2-3-10(7-13)22(9,20)21/h1,4-5,9-10,19H,2-3,6-7H2. The second-order valence-corrected chi connectivity index (χ2v) is 8.55. The molecular formula is C14H14F4O3S. The number of fused-ring (bicyclic) bond motifs is 2. The van der Waals surface area contributed by atoms with Gasteiger partial charge in [0.15, 0.2) is 9.84 Å². The molecule has 1 aromatic rings. The Balaban J connectivity index is 1.98. The average Bonchev–Trinajstić information content (AvgIpc) is 2.58. The molecule has 2 aliphatic rings. The van der Waals surface area contributed by atoms with Crippen LogP contribution in [0.3, 0.4) is 0 Å². The van der Waals surface area contributed by atoms with Gasteiger partial charge in [-0.3, -0.25) is 0 Å². The summed E-state index contributed by atoms with van der Waals surface area (Å²) in [6.07, 6.45) is -4.21. The zero-order valence-corrected chi connectivity index (χ0v) is 12.2. The minimum Gasteiger partial charge on any atom is -0.385 e. The maximum atomic E-state index is 14.1. The molecule has 1 aromatic carbocycles. The van der Waals surface area contributed by atoms with Crippen LogP contribution >= 0.6 is 0 Å². The third-order valence-electron chi connectivity index (χ3n) is 4.67. The highest BCUT2D eigenvalue weighted by Crippen LogP contribution is 2.48. The fourth-order valence-corrected chi connectivity index (χ4v) is 6.02. The molecule has 3 rings (SSSR count). The average molecular weight is 338 g/mol.